The zero-order valence-corrected chi connectivity index (χ0v) is 14.8. The average molecular weight is 350 g/mol. The number of carbonyl (C=O) groups is 1. The molecule has 0 spiro atoms. The molecule has 1 aromatic heterocycles. The first-order valence-electron chi connectivity index (χ1n) is 6.90. The number of rotatable bonds is 5. The maximum Gasteiger partial charge on any atom is 0.348 e. The normalized spacial score (nSPS) is 10.0. The van der Waals surface area contributed by atoms with Crippen molar-refractivity contribution in [3.8, 4) is 5.75 Å². The Bertz CT molecular complexity index is 696. The highest BCUT2D eigenvalue weighted by Crippen LogP contribution is 2.27. The van der Waals surface area contributed by atoms with Gasteiger partial charge in [-0.3, -0.25) is 0 Å². The summed E-state index contributed by atoms with van der Waals surface area (Å²) in [5, 5.41) is 7.51. The third-order valence-electron chi connectivity index (χ3n) is 3.14. The molecule has 0 aliphatic carbocycles. The highest BCUT2D eigenvalue weighted by Gasteiger charge is 2.14. The number of benzene rings is 1. The summed E-state index contributed by atoms with van der Waals surface area (Å²) in [6, 6.07) is 9.62. The molecule has 1 aromatic carbocycles. The van der Waals surface area contributed by atoms with Crippen LogP contribution in [0.3, 0.4) is 0 Å². The maximum atomic E-state index is 11.6. The van der Waals surface area contributed by atoms with Crippen molar-refractivity contribution in [1.82, 2.24) is 5.32 Å². The van der Waals surface area contributed by atoms with Gasteiger partial charge < -0.3 is 20.1 Å². The lowest BCUT2D eigenvalue weighted by Gasteiger charge is -2.09. The fourth-order valence-electron chi connectivity index (χ4n) is 1.92. The van der Waals surface area contributed by atoms with Gasteiger partial charge in [-0.2, -0.15) is 0 Å². The summed E-state index contributed by atoms with van der Waals surface area (Å²) in [5.74, 6) is 0.483. The lowest BCUT2D eigenvalue weighted by atomic mass is 10.2. The summed E-state index contributed by atoms with van der Waals surface area (Å²) in [4.78, 5) is 12.2. The van der Waals surface area contributed by atoms with Crippen LogP contribution >= 0.6 is 23.6 Å². The number of aryl methyl sites for hydroxylation is 1. The number of nitrogens with one attached hydrogen (secondary N) is 2. The Kier molecular flexibility index (Phi) is 5.95. The second-order valence-corrected chi connectivity index (χ2v) is 6.23. The van der Waals surface area contributed by atoms with Gasteiger partial charge in [0.25, 0.3) is 0 Å². The van der Waals surface area contributed by atoms with Crippen molar-refractivity contribution in [2.75, 3.05) is 19.5 Å². The summed E-state index contributed by atoms with van der Waals surface area (Å²) in [6.45, 7) is 2.46. The number of ether oxygens (including phenoxy) is 2. The Balaban J connectivity index is 1.90. The van der Waals surface area contributed by atoms with E-state index in [0.717, 1.165) is 21.9 Å². The third-order valence-corrected chi connectivity index (χ3v) is 4.52. The van der Waals surface area contributed by atoms with E-state index in [0.29, 0.717) is 16.5 Å². The summed E-state index contributed by atoms with van der Waals surface area (Å²) in [6.07, 6.45) is 0. The smallest absolute Gasteiger partial charge is 0.348 e. The Hall–Kier alpha value is -2.12. The topological polar surface area (TPSA) is 59.6 Å². The van der Waals surface area contributed by atoms with Crippen LogP contribution in [0.2, 0.25) is 0 Å². The van der Waals surface area contributed by atoms with Gasteiger partial charge in [0, 0.05) is 6.54 Å². The standard InChI is InChI=1S/C16H18N2O3S2/c1-10-8-13(23-14(10)15(19)21-3)18-16(22)17-9-11-4-6-12(20-2)7-5-11/h4-8H,9H2,1-3H3,(H2,17,18,22). The molecule has 0 aliphatic heterocycles. The summed E-state index contributed by atoms with van der Waals surface area (Å²) in [7, 11) is 3.01. The van der Waals surface area contributed by atoms with Gasteiger partial charge in [-0.25, -0.2) is 4.79 Å². The van der Waals surface area contributed by atoms with Crippen molar-refractivity contribution < 1.29 is 14.3 Å². The van der Waals surface area contributed by atoms with Gasteiger partial charge in [0.15, 0.2) is 5.11 Å². The SMILES string of the molecule is COC(=O)c1sc(NC(=S)NCc2ccc(OC)cc2)cc1C. The first-order valence-corrected chi connectivity index (χ1v) is 8.12. The number of esters is 1. The van der Waals surface area contributed by atoms with Gasteiger partial charge in [-0.05, 0) is 48.5 Å². The number of hydrogen-bond acceptors (Lipinski definition) is 5. The molecule has 0 bridgehead atoms. The molecular weight excluding hydrogens is 332 g/mol. The minimum atomic E-state index is -0.335. The van der Waals surface area contributed by atoms with Crippen molar-refractivity contribution in [3.63, 3.8) is 0 Å². The molecule has 0 aliphatic rings. The van der Waals surface area contributed by atoms with Crippen LogP contribution in [0.25, 0.3) is 0 Å². The number of thiophene rings is 1. The molecule has 0 radical (unpaired) electrons. The molecule has 2 aromatic rings. The van der Waals surface area contributed by atoms with Gasteiger partial charge in [0.05, 0.1) is 19.2 Å². The number of anilines is 1. The van der Waals surface area contributed by atoms with Crippen molar-refractivity contribution >= 4 is 39.6 Å². The predicted molar refractivity (Wildman–Crippen MR) is 96.4 cm³/mol. The molecule has 0 unspecified atom stereocenters. The predicted octanol–water partition coefficient (Wildman–Crippen LogP) is 3.34. The Morgan fingerprint density at radius 2 is 1.96 bits per heavy atom. The number of thiocarbonyl (C=S) groups is 1. The monoisotopic (exact) mass is 350 g/mol. The van der Waals surface area contributed by atoms with E-state index in [2.05, 4.69) is 10.6 Å². The zero-order valence-electron chi connectivity index (χ0n) is 13.1. The molecule has 2 N–H and O–H groups in total. The highest BCUT2D eigenvalue weighted by molar-refractivity contribution is 7.80. The van der Waals surface area contributed by atoms with E-state index in [9.17, 15) is 4.79 Å². The van der Waals surface area contributed by atoms with Crippen molar-refractivity contribution in [1.29, 1.82) is 0 Å². The van der Waals surface area contributed by atoms with E-state index in [1.807, 2.05) is 37.3 Å². The molecule has 0 saturated heterocycles. The molecule has 0 saturated carbocycles. The van der Waals surface area contributed by atoms with Crippen LogP contribution in [0.4, 0.5) is 5.00 Å². The minimum Gasteiger partial charge on any atom is -0.497 e. The van der Waals surface area contributed by atoms with E-state index in [1.54, 1.807) is 7.11 Å². The quantitative estimate of drug-likeness (QED) is 0.637. The number of hydrogen-bond donors (Lipinski definition) is 2. The van der Waals surface area contributed by atoms with Gasteiger partial charge >= 0.3 is 5.97 Å². The Morgan fingerprint density at radius 1 is 1.26 bits per heavy atom. The van der Waals surface area contributed by atoms with Crippen LogP contribution in [0.1, 0.15) is 20.8 Å². The third kappa shape index (κ3) is 4.67. The van der Waals surface area contributed by atoms with Crippen LogP contribution in [0.5, 0.6) is 5.75 Å². The minimum absolute atomic E-state index is 0.335. The first kappa shape index (κ1) is 17.2. The van der Waals surface area contributed by atoms with Crippen molar-refractivity contribution in [3.05, 3.63) is 46.3 Å². The lowest BCUT2D eigenvalue weighted by Crippen LogP contribution is -2.27. The lowest BCUT2D eigenvalue weighted by molar-refractivity contribution is 0.0605. The summed E-state index contributed by atoms with van der Waals surface area (Å²) >= 11 is 6.59. The van der Waals surface area contributed by atoms with Crippen molar-refractivity contribution in [2.45, 2.75) is 13.5 Å². The van der Waals surface area contributed by atoms with E-state index in [-0.39, 0.29) is 5.97 Å². The molecule has 0 atom stereocenters. The van der Waals surface area contributed by atoms with E-state index in [1.165, 1.54) is 18.4 Å². The second-order valence-electron chi connectivity index (χ2n) is 4.77. The van der Waals surface area contributed by atoms with Crippen molar-refractivity contribution in [2.24, 2.45) is 0 Å². The Labute approximate surface area is 144 Å². The van der Waals surface area contributed by atoms with Crippen LogP contribution in [0.15, 0.2) is 30.3 Å². The van der Waals surface area contributed by atoms with Gasteiger partial charge in [0.1, 0.15) is 10.6 Å². The largest absolute Gasteiger partial charge is 0.497 e. The second kappa shape index (κ2) is 7.94. The Morgan fingerprint density at radius 3 is 2.57 bits per heavy atom. The molecule has 2 rings (SSSR count). The molecule has 7 heteroatoms. The fourth-order valence-corrected chi connectivity index (χ4v) is 3.16. The summed E-state index contributed by atoms with van der Waals surface area (Å²) < 4.78 is 9.87. The first-order chi connectivity index (χ1) is 11.0. The van der Waals surface area contributed by atoms with Crippen LogP contribution in [-0.4, -0.2) is 25.3 Å². The number of carbonyl (C=O) groups excluding carboxylic acids is 1. The molecule has 0 fully saturated rings. The van der Waals surface area contributed by atoms with E-state index < -0.39 is 0 Å². The average Bonchev–Trinajstić information content (AvgIpc) is 2.93. The van der Waals surface area contributed by atoms with Crippen LogP contribution < -0.4 is 15.4 Å². The maximum absolute atomic E-state index is 11.6. The molecule has 23 heavy (non-hydrogen) atoms. The number of methoxy groups -OCH3 is 2. The zero-order chi connectivity index (χ0) is 16.8. The van der Waals surface area contributed by atoms with Crippen LogP contribution in [0, 0.1) is 6.92 Å². The molecule has 0 amide bonds. The van der Waals surface area contributed by atoms with Crippen LogP contribution in [-0.2, 0) is 11.3 Å². The van der Waals surface area contributed by atoms with E-state index >= 15 is 0 Å². The molecular formula is C16H18N2O3S2. The fraction of sp³-hybridized carbons (Fsp3) is 0.250. The molecule has 122 valence electrons. The van der Waals surface area contributed by atoms with E-state index in [4.69, 9.17) is 21.7 Å². The molecule has 1 heterocycles. The molecule has 5 nitrogen and oxygen atoms in total. The van der Waals surface area contributed by atoms with Gasteiger partial charge in [-0.15, -0.1) is 11.3 Å². The summed E-state index contributed by atoms with van der Waals surface area (Å²) in [5.41, 5.74) is 1.95. The van der Waals surface area contributed by atoms with Gasteiger partial charge in [0.2, 0.25) is 0 Å². The highest BCUT2D eigenvalue weighted by atomic mass is 32.1. The van der Waals surface area contributed by atoms with Gasteiger partial charge in [-0.1, -0.05) is 12.1 Å².